The zero-order valence-electron chi connectivity index (χ0n) is 9.48. The number of hydrogen-bond donors (Lipinski definition) is 0. The summed E-state index contributed by atoms with van der Waals surface area (Å²) < 4.78 is 1.60. The topological polar surface area (TPSA) is 34.4 Å². The Hall–Kier alpha value is -1.39. The minimum Gasteiger partial charge on any atom is -0.274 e. The normalized spacial score (nSPS) is 11.8. The lowest BCUT2D eigenvalue weighted by atomic mass is 10.3. The van der Waals surface area contributed by atoms with E-state index in [-0.39, 0.29) is 5.91 Å². The van der Waals surface area contributed by atoms with Crippen molar-refractivity contribution in [1.82, 2.24) is 4.57 Å². The van der Waals surface area contributed by atoms with Gasteiger partial charge in [-0.2, -0.15) is 0 Å². The molecule has 0 aliphatic heterocycles. The molecule has 0 bridgehead atoms. The number of benzene rings is 1. The molecule has 3 nitrogen and oxygen atoms in total. The molecule has 1 aromatic heterocycles. The SMILES string of the molecule is CC(=O)n1c(C)csc1=Nc1ccc(Cl)cc1. The third-order valence-electron chi connectivity index (χ3n) is 2.25. The van der Waals surface area contributed by atoms with Crippen LogP contribution < -0.4 is 4.80 Å². The zero-order chi connectivity index (χ0) is 12.4. The molecule has 1 heterocycles. The fourth-order valence-corrected chi connectivity index (χ4v) is 2.52. The number of aryl methyl sites for hydroxylation is 1. The highest BCUT2D eigenvalue weighted by Gasteiger charge is 2.05. The van der Waals surface area contributed by atoms with E-state index in [2.05, 4.69) is 4.99 Å². The van der Waals surface area contributed by atoms with Crippen LogP contribution >= 0.6 is 22.9 Å². The summed E-state index contributed by atoms with van der Waals surface area (Å²) in [5.41, 5.74) is 1.68. The van der Waals surface area contributed by atoms with E-state index in [0.29, 0.717) is 9.82 Å². The lowest BCUT2D eigenvalue weighted by Crippen LogP contribution is -2.21. The average molecular weight is 267 g/mol. The first-order valence-corrected chi connectivity index (χ1v) is 6.32. The van der Waals surface area contributed by atoms with Gasteiger partial charge in [-0.15, -0.1) is 11.3 Å². The molecule has 0 saturated carbocycles. The van der Waals surface area contributed by atoms with Crippen LogP contribution in [0.3, 0.4) is 0 Å². The molecule has 0 fully saturated rings. The van der Waals surface area contributed by atoms with Crippen LogP contribution in [0.5, 0.6) is 0 Å². The fraction of sp³-hybridized carbons (Fsp3) is 0.167. The first-order chi connectivity index (χ1) is 8.08. The summed E-state index contributed by atoms with van der Waals surface area (Å²) in [6, 6.07) is 7.20. The van der Waals surface area contributed by atoms with Crippen molar-refractivity contribution in [3.63, 3.8) is 0 Å². The van der Waals surface area contributed by atoms with E-state index >= 15 is 0 Å². The van der Waals surface area contributed by atoms with Crippen LogP contribution in [0.15, 0.2) is 34.6 Å². The summed E-state index contributed by atoms with van der Waals surface area (Å²) in [5.74, 6) is -0.0311. The summed E-state index contributed by atoms with van der Waals surface area (Å²) in [6.45, 7) is 3.42. The Bertz CT molecular complexity index is 610. The molecule has 0 atom stereocenters. The Kier molecular flexibility index (Phi) is 3.45. The van der Waals surface area contributed by atoms with Crippen molar-refractivity contribution in [2.24, 2.45) is 4.99 Å². The Morgan fingerprint density at radius 2 is 2.00 bits per heavy atom. The number of carbonyl (C=O) groups excluding carboxylic acids is 1. The van der Waals surface area contributed by atoms with Gasteiger partial charge >= 0.3 is 0 Å². The van der Waals surface area contributed by atoms with Crippen LogP contribution in [0, 0.1) is 6.92 Å². The van der Waals surface area contributed by atoms with E-state index in [1.165, 1.54) is 18.3 Å². The van der Waals surface area contributed by atoms with Crippen LogP contribution in [0.25, 0.3) is 0 Å². The summed E-state index contributed by atoms with van der Waals surface area (Å²) in [4.78, 5) is 16.6. The lowest BCUT2D eigenvalue weighted by Gasteiger charge is -1.99. The van der Waals surface area contributed by atoms with E-state index in [0.717, 1.165) is 11.4 Å². The maximum Gasteiger partial charge on any atom is 0.229 e. The van der Waals surface area contributed by atoms with Gasteiger partial charge in [0.1, 0.15) is 0 Å². The Labute approximate surface area is 108 Å². The largest absolute Gasteiger partial charge is 0.274 e. The van der Waals surface area contributed by atoms with Gasteiger partial charge < -0.3 is 0 Å². The summed E-state index contributed by atoms with van der Waals surface area (Å²) in [7, 11) is 0. The number of carbonyl (C=O) groups is 1. The zero-order valence-corrected chi connectivity index (χ0v) is 11.0. The van der Waals surface area contributed by atoms with Gasteiger partial charge in [0.2, 0.25) is 5.91 Å². The second-order valence-corrected chi connectivity index (χ2v) is 4.88. The highest BCUT2D eigenvalue weighted by atomic mass is 35.5. The molecule has 0 aliphatic rings. The minimum atomic E-state index is -0.0311. The van der Waals surface area contributed by atoms with Gasteiger partial charge in [-0.25, -0.2) is 4.99 Å². The molecule has 1 aromatic carbocycles. The van der Waals surface area contributed by atoms with E-state index in [1.807, 2.05) is 24.4 Å². The average Bonchev–Trinajstić information content (AvgIpc) is 2.63. The molecule has 0 amide bonds. The van der Waals surface area contributed by atoms with Crippen LogP contribution in [-0.2, 0) is 0 Å². The number of thiazole rings is 1. The number of aromatic nitrogens is 1. The van der Waals surface area contributed by atoms with Gasteiger partial charge in [0.15, 0.2) is 4.80 Å². The quantitative estimate of drug-likeness (QED) is 0.779. The molecule has 0 saturated heterocycles. The van der Waals surface area contributed by atoms with Crippen molar-refractivity contribution in [3.05, 3.63) is 45.2 Å². The first-order valence-electron chi connectivity index (χ1n) is 5.06. The number of halogens is 1. The van der Waals surface area contributed by atoms with Crippen LogP contribution in [-0.4, -0.2) is 10.5 Å². The van der Waals surface area contributed by atoms with Crippen LogP contribution in [0.2, 0.25) is 5.02 Å². The monoisotopic (exact) mass is 266 g/mol. The highest BCUT2D eigenvalue weighted by molar-refractivity contribution is 7.07. The maximum atomic E-state index is 11.5. The van der Waals surface area contributed by atoms with Gasteiger partial charge in [0.05, 0.1) is 5.69 Å². The molecule has 17 heavy (non-hydrogen) atoms. The molecule has 88 valence electrons. The fourth-order valence-electron chi connectivity index (χ4n) is 1.48. The van der Waals surface area contributed by atoms with E-state index < -0.39 is 0 Å². The lowest BCUT2D eigenvalue weighted by molar-refractivity contribution is 0.0931. The molecule has 5 heteroatoms. The predicted molar refractivity (Wildman–Crippen MR) is 70.0 cm³/mol. The van der Waals surface area contributed by atoms with E-state index in [4.69, 9.17) is 11.6 Å². The van der Waals surface area contributed by atoms with Crippen molar-refractivity contribution < 1.29 is 4.79 Å². The molecule has 0 aliphatic carbocycles. The molecule has 0 spiro atoms. The third-order valence-corrected chi connectivity index (χ3v) is 3.44. The summed E-state index contributed by atoms with van der Waals surface area (Å²) in [5, 5.41) is 2.58. The molecular formula is C12H11ClN2OS. The van der Waals surface area contributed by atoms with Gasteiger partial charge in [-0.3, -0.25) is 9.36 Å². The summed E-state index contributed by atoms with van der Waals surface area (Å²) in [6.07, 6.45) is 0. The molecule has 2 rings (SSSR count). The Morgan fingerprint density at radius 1 is 1.35 bits per heavy atom. The van der Waals surface area contributed by atoms with Gasteiger partial charge in [-0.1, -0.05) is 11.6 Å². The Morgan fingerprint density at radius 3 is 2.59 bits per heavy atom. The van der Waals surface area contributed by atoms with Crippen molar-refractivity contribution in [1.29, 1.82) is 0 Å². The predicted octanol–water partition coefficient (Wildman–Crippen LogP) is 3.40. The number of hydrogen-bond acceptors (Lipinski definition) is 3. The minimum absolute atomic E-state index is 0.0311. The van der Waals surface area contributed by atoms with Crippen LogP contribution in [0.4, 0.5) is 5.69 Å². The van der Waals surface area contributed by atoms with Crippen molar-refractivity contribution >= 4 is 34.5 Å². The van der Waals surface area contributed by atoms with E-state index in [1.54, 1.807) is 16.7 Å². The van der Waals surface area contributed by atoms with Gasteiger partial charge in [0, 0.05) is 23.0 Å². The number of rotatable bonds is 1. The second-order valence-electron chi connectivity index (χ2n) is 3.60. The third kappa shape index (κ3) is 2.65. The van der Waals surface area contributed by atoms with Gasteiger partial charge in [0.25, 0.3) is 0 Å². The Balaban J connectivity index is 2.53. The highest BCUT2D eigenvalue weighted by Crippen LogP contribution is 2.15. The van der Waals surface area contributed by atoms with Crippen molar-refractivity contribution in [2.45, 2.75) is 13.8 Å². The maximum absolute atomic E-state index is 11.5. The van der Waals surface area contributed by atoms with E-state index in [9.17, 15) is 4.79 Å². The molecule has 0 radical (unpaired) electrons. The standard InChI is InChI=1S/C12H11ClN2OS/c1-8-7-17-12(15(8)9(2)16)14-11-5-3-10(13)4-6-11/h3-7H,1-2H3. The molecular weight excluding hydrogens is 256 g/mol. The van der Waals surface area contributed by atoms with Crippen LogP contribution in [0.1, 0.15) is 17.4 Å². The summed E-state index contributed by atoms with van der Waals surface area (Å²) >= 11 is 7.25. The smallest absolute Gasteiger partial charge is 0.229 e. The molecule has 0 N–H and O–H groups in total. The molecule has 2 aromatic rings. The molecule has 0 unspecified atom stereocenters. The number of nitrogens with zero attached hydrogens (tertiary/aromatic N) is 2. The van der Waals surface area contributed by atoms with Crippen molar-refractivity contribution in [3.8, 4) is 0 Å². The van der Waals surface area contributed by atoms with Gasteiger partial charge in [-0.05, 0) is 31.2 Å². The van der Waals surface area contributed by atoms with Crippen molar-refractivity contribution in [2.75, 3.05) is 0 Å². The first kappa shape index (κ1) is 12.1. The second kappa shape index (κ2) is 4.85.